The number of fused-ring (bicyclic) bond motifs is 5. The van der Waals surface area contributed by atoms with Crippen LogP contribution in [0.3, 0.4) is 0 Å². The standard InChI is InChI=1S/C51H38N2O/c1-51-33-41(40-22-26-47(44(30-40)36-14-4-2-5-15-36)52-42-24-20-34-12-8-10-18-38(34)28-42)23-27-50(51)53(43-25-21-35-13-9-11-19-39(35)29-43)48-32-49(54)45(31-46(48)51)37-16-6-3-7-17-37/h2-32,52,54H,33H2,1H3. The Kier molecular flexibility index (Phi) is 7.48. The van der Waals surface area contributed by atoms with Crippen molar-refractivity contribution in [2.75, 3.05) is 10.2 Å². The lowest BCUT2D eigenvalue weighted by molar-refractivity contribution is 0.477. The van der Waals surface area contributed by atoms with Crippen LogP contribution in [0.15, 0.2) is 194 Å². The van der Waals surface area contributed by atoms with Gasteiger partial charge in [0.15, 0.2) is 0 Å². The smallest absolute Gasteiger partial charge is 0.125 e. The van der Waals surface area contributed by atoms with Crippen LogP contribution < -0.4 is 10.2 Å². The van der Waals surface area contributed by atoms with Gasteiger partial charge in [-0.15, -0.1) is 0 Å². The maximum absolute atomic E-state index is 11.6. The van der Waals surface area contributed by atoms with Crippen LogP contribution in [0.1, 0.15) is 24.5 Å². The summed E-state index contributed by atoms with van der Waals surface area (Å²) in [7, 11) is 0. The van der Waals surface area contributed by atoms with Crippen molar-refractivity contribution in [3.8, 4) is 28.0 Å². The van der Waals surface area contributed by atoms with E-state index in [0.29, 0.717) is 0 Å². The second-order valence-electron chi connectivity index (χ2n) is 14.7. The number of phenolic OH excluding ortho intramolecular Hbond substituents is 1. The van der Waals surface area contributed by atoms with E-state index in [1.54, 1.807) is 0 Å². The molecule has 0 saturated carbocycles. The number of hydrogen-bond acceptors (Lipinski definition) is 3. The molecule has 1 aliphatic heterocycles. The normalized spacial score (nSPS) is 16.1. The van der Waals surface area contributed by atoms with Gasteiger partial charge in [0.2, 0.25) is 0 Å². The van der Waals surface area contributed by atoms with E-state index in [9.17, 15) is 5.11 Å². The molecule has 2 aliphatic rings. The average molecular weight is 695 g/mol. The molecular weight excluding hydrogens is 657 g/mol. The quantitative estimate of drug-likeness (QED) is 0.182. The van der Waals surface area contributed by atoms with E-state index in [2.05, 4.69) is 181 Å². The van der Waals surface area contributed by atoms with E-state index < -0.39 is 0 Å². The highest BCUT2D eigenvalue weighted by molar-refractivity contribution is 5.94. The van der Waals surface area contributed by atoms with Gasteiger partial charge >= 0.3 is 0 Å². The molecule has 3 nitrogen and oxygen atoms in total. The molecule has 0 bridgehead atoms. The lowest BCUT2D eigenvalue weighted by Crippen LogP contribution is -2.28. The summed E-state index contributed by atoms with van der Waals surface area (Å²) in [6.45, 7) is 2.37. The van der Waals surface area contributed by atoms with Gasteiger partial charge in [0.05, 0.1) is 5.69 Å². The SMILES string of the molecule is CC12CC(c3ccc(Nc4ccc5ccccc5c4)c(-c4ccccc4)c3)=CC=C1N(c1ccc3ccccc3c1)c1cc(O)c(-c3ccccc3)cc12. The highest BCUT2D eigenvalue weighted by Gasteiger charge is 2.46. The van der Waals surface area contributed by atoms with Crippen LogP contribution in [-0.2, 0) is 5.41 Å². The molecule has 54 heavy (non-hydrogen) atoms. The van der Waals surface area contributed by atoms with Gasteiger partial charge in [-0.3, -0.25) is 0 Å². The van der Waals surface area contributed by atoms with E-state index in [1.165, 1.54) is 43.9 Å². The minimum atomic E-state index is -0.350. The molecule has 2 N–H and O–H groups in total. The third-order valence-corrected chi connectivity index (χ3v) is 11.3. The van der Waals surface area contributed by atoms with Crippen molar-refractivity contribution in [3.05, 3.63) is 205 Å². The number of anilines is 4. The molecule has 0 aromatic heterocycles. The third-order valence-electron chi connectivity index (χ3n) is 11.3. The molecule has 1 aliphatic carbocycles. The van der Waals surface area contributed by atoms with Crippen molar-refractivity contribution in [1.29, 1.82) is 0 Å². The zero-order valence-electron chi connectivity index (χ0n) is 30.0. The summed E-state index contributed by atoms with van der Waals surface area (Å²) in [5, 5.41) is 20.2. The largest absolute Gasteiger partial charge is 0.507 e. The molecule has 3 heteroatoms. The average Bonchev–Trinajstić information content (AvgIpc) is 3.47. The highest BCUT2D eigenvalue weighted by Crippen LogP contribution is 2.58. The molecule has 1 heterocycles. The number of rotatable bonds is 6. The summed E-state index contributed by atoms with van der Waals surface area (Å²) in [5.41, 5.74) is 12.9. The number of nitrogens with zero attached hydrogens (tertiary/aromatic N) is 1. The summed E-state index contributed by atoms with van der Waals surface area (Å²) in [5.74, 6) is 0.281. The molecule has 0 saturated heterocycles. The third kappa shape index (κ3) is 5.36. The van der Waals surface area contributed by atoms with Gasteiger partial charge in [0, 0.05) is 45.4 Å². The van der Waals surface area contributed by atoms with Crippen molar-refractivity contribution in [3.63, 3.8) is 0 Å². The molecule has 0 spiro atoms. The van der Waals surface area contributed by atoms with Gasteiger partial charge in [-0.2, -0.15) is 0 Å². The topological polar surface area (TPSA) is 35.5 Å². The lowest BCUT2D eigenvalue weighted by atomic mass is 9.72. The Morgan fingerprint density at radius 3 is 1.89 bits per heavy atom. The molecule has 10 rings (SSSR count). The maximum atomic E-state index is 11.6. The van der Waals surface area contributed by atoms with E-state index >= 15 is 0 Å². The Balaban J connectivity index is 1.10. The number of allylic oxidation sites excluding steroid dienone is 4. The molecule has 0 amide bonds. The van der Waals surface area contributed by atoms with Crippen molar-refractivity contribution in [2.45, 2.75) is 18.8 Å². The molecule has 258 valence electrons. The predicted octanol–water partition coefficient (Wildman–Crippen LogP) is 13.6. The summed E-state index contributed by atoms with van der Waals surface area (Å²) in [6, 6.07) is 62.1. The van der Waals surface area contributed by atoms with E-state index in [-0.39, 0.29) is 11.2 Å². The Bertz CT molecular complexity index is 2800. The fraction of sp³-hybridized carbons (Fsp3) is 0.0588. The Hall–Kier alpha value is -6.84. The Morgan fingerprint density at radius 1 is 0.537 bits per heavy atom. The van der Waals surface area contributed by atoms with Gasteiger partial charge in [0.1, 0.15) is 5.75 Å². The highest BCUT2D eigenvalue weighted by atomic mass is 16.3. The van der Waals surface area contributed by atoms with E-state index in [0.717, 1.165) is 51.4 Å². The molecule has 8 aromatic rings. The first-order valence-electron chi connectivity index (χ1n) is 18.6. The second-order valence-corrected chi connectivity index (χ2v) is 14.7. The number of nitrogens with one attached hydrogen (secondary N) is 1. The molecule has 8 aromatic carbocycles. The molecule has 0 fully saturated rings. The minimum Gasteiger partial charge on any atom is -0.507 e. The lowest BCUT2D eigenvalue weighted by Gasteiger charge is -2.34. The van der Waals surface area contributed by atoms with Crippen LogP contribution in [0.5, 0.6) is 5.75 Å². The Morgan fingerprint density at radius 2 is 1.17 bits per heavy atom. The summed E-state index contributed by atoms with van der Waals surface area (Å²) < 4.78 is 0. The van der Waals surface area contributed by atoms with Crippen molar-refractivity contribution >= 4 is 49.9 Å². The summed E-state index contributed by atoms with van der Waals surface area (Å²) in [4.78, 5) is 2.36. The Labute approximate surface area is 315 Å². The fourth-order valence-corrected chi connectivity index (χ4v) is 8.56. The van der Waals surface area contributed by atoms with Gasteiger partial charge in [0.25, 0.3) is 0 Å². The van der Waals surface area contributed by atoms with Gasteiger partial charge in [-0.05, 0) is 111 Å². The van der Waals surface area contributed by atoms with Gasteiger partial charge < -0.3 is 15.3 Å². The molecule has 0 radical (unpaired) electrons. The number of aromatic hydroxyl groups is 1. The zero-order chi connectivity index (χ0) is 36.2. The first kappa shape index (κ1) is 31.9. The maximum Gasteiger partial charge on any atom is 0.125 e. The zero-order valence-corrected chi connectivity index (χ0v) is 30.0. The predicted molar refractivity (Wildman–Crippen MR) is 227 cm³/mol. The van der Waals surface area contributed by atoms with Crippen LogP contribution in [0.4, 0.5) is 22.7 Å². The molecular formula is C51H38N2O. The van der Waals surface area contributed by atoms with Crippen molar-refractivity contribution in [1.82, 2.24) is 0 Å². The number of phenols is 1. The first-order valence-corrected chi connectivity index (χ1v) is 18.6. The molecule has 1 unspecified atom stereocenters. The molecule has 1 atom stereocenters. The number of hydrogen-bond donors (Lipinski definition) is 2. The van der Waals surface area contributed by atoms with E-state index in [1.807, 2.05) is 24.3 Å². The van der Waals surface area contributed by atoms with Gasteiger partial charge in [-0.1, -0.05) is 133 Å². The van der Waals surface area contributed by atoms with Crippen LogP contribution in [0, 0.1) is 0 Å². The number of benzene rings is 8. The van der Waals surface area contributed by atoms with Gasteiger partial charge in [-0.25, -0.2) is 0 Å². The van der Waals surface area contributed by atoms with Crippen molar-refractivity contribution < 1.29 is 5.11 Å². The van der Waals surface area contributed by atoms with Crippen LogP contribution in [0.25, 0.3) is 49.4 Å². The minimum absolute atomic E-state index is 0.281. The summed E-state index contributed by atoms with van der Waals surface area (Å²) in [6.07, 6.45) is 5.41. The van der Waals surface area contributed by atoms with Crippen molar-refractivity contribution in [2.24, 2.45) is 0 Å². The monoisotopic (exact) mass is 694 g/mol. The van der Waals surface area contributed by atoms with Crippen LogP contribution in [0.2, 0.25) is 0 Å². The van der Waals surface area contributed by atoms with Crippen LogP contribution >= 0.6 is 0 Å². The second kappa shape index (κ2) is 12.7. The van der Waals surface area contributed by atoms with Crippen LogP contribution in [-0.4, -0.2) is 5.11 Å². The van der Waals surface area contributed by atoms with E-state index in [4.69, 9.17) is 0 Å². The first-order chi connectivity index (χ1) is 26.5. The summed E-state index contributed by atoms with van der Waals surface area (Å²) >= 11 is 0. The fourth-order valence-electron chi connectivity index (χ4n) is 8.56.